The molecule has 0 saturated heterocycles. The third kappa shape index (κ3) is 3.12. The lowest BCUT2D eigenvalue weighted by Gasteiger charge is -2.08. The fourth-order valence-electron chi connectivity index (χ4n) is 1.71. The fraction of sp³-hybridized carbons (Fsp3) is 0.250. The molecule has 0 fully saturated rings. The molecule has 102 valence electrons. The number of nitrogens with zero attached hydrogens (tertiary/aromatic N) is 1. The number of aromatic amines is 1. The van der Waals surface area contributed by atoms with Crippen LogP contribution in [0.3, 0.4) is 0 Å². The average Bonchev–Trinajstić information content (AvgIpc) is 2.76. The molecule has 1 aromatic heterocycles. The second-order valence-electron chi connectivity index (χ2n) is 4.10. The zero-order valence-corrected chi connectivity index (χ0v) is 11.5. The predicted molar refractivity (Wildman–Crippen MR) is 71.3 cm³/mol. The van der Waals surface area contributed by atoms with Crippen LogP contribution in [0.2, 0.25) is 0 Å². The van der Waals surface area contributed by atoms with Gasteiger partial charge in [-0.05, 0) is 24.6 Å². The van der Waals surface area contributed by atoms with E-state index in [0.717, 1.165) is 5.56 Å². The summed E-state index contributed by atoms with van der Waals surface area (Å²) < 4.78 is 31.8. The molecule has 2 rings (SSSR count). The highest BCUT2D eigenvalue weighted by Gasteiger charge is 2.18. The van der Waals surface area contributed by atoms with Gasteiger partial charge in [0.1, 0.15) is 4.90 Å². The van der Waals surface area contributed by atoms with E-state index < -0.39 is 10.0 Å². The summed E-state index contributed by atoms with van der Waals surface area (Å²) in [5.41, 5.74) is 1.89. The van der Waals surface area contributed by atoms with Gasteiger partial charge in [-0.3, -0.25) is 9.82 Å². The van der Waals surface area contributed by atoms with Gasteiger partial charge < -0.3 is 4.74 Å². The molecule has 0 aliphatic heterocycles. The van der Waals surface area contributed by atoms with Crippen molar-refractivity contribution in [3.63, 3.8) is 0 Å². The summed E-state index contributed by atoms with van der Waals surface area (Å²) in [6.07, 6.45) is 1.29. The molecule has 0 aliphatic carbocycles. The second-order valence-corrected chi connectivity index (χ2v) is 5.75. The summed E-state index contributed by atoms with van der Waals surface area (Å²) in [6, 6.07) is 7.06. The van der Waals surface area contributed by atoms with Crippen molar-refractivity contribution in [3.8, 4) is 0 Å². The number of hydrogen-bond donors (Lipinski definition) is 2. The summed E-state index contributed by atoms with van der Waals surface area (Å²) >= 11 is 0. The van der Waals surface area contributed by atoms with Crippen molar-refractivity contribution >= 4 is 15.7 Å². The lowest BCUT2D eigenvalue weighted by atomic mass is 10.2. The highest BCUT2D eigenvalue weighted by Crippen LogP contribution is 2.18. The number of sulfonamides is 1. The van der Waals surface area contributed by atoms with Gasteiger partial charge in [0.25, 0.3) is 10.0 Å². The van der Waals surface area contributed by atoms with E-state index in [-0.39, 0.29) is 4.90 Å². The molecule has 19 heavy (non-hydrogen) atoms. The topological polar surface area (TPSA) is 84.1 Å². The van der Waals surface area contributed by atoms with Gasteiger partial charge in [0, 0.05) is 12.8 Å². The zero-order valence-electron chi connectivity index (χ0n) is 10.7. The van der Waals surface area contributed by atoms with Gasteiger partial charge in [-0.2, -0.15) is 5.10 Å². The van der Waals surface area contributed by atoms with Crippen molar-refractivity contribution in [3.05, 3.63) is 41.7 Å². The summed E-state index contributed by atoms with van der Waals surface area (Å²) in [5.74, 6) is 0. The first-order chi connectivity index (χ1) is 9.03. The SMILES string of the molecule is COCc1cccc(NS(=O)(=O)c2cn[nH]c2C)c1. The minimum Gasteiger partial charge on any atom is -0.380 e. The van der Waals surface area contributed by atoms with E-state index in [4.69, 9.17) is 4.74 Å². The maximum Gasteiger partial charge on any atom is 0.265 e. The lowest BCUT2D eigenvalue weighted by Crippen LogP contribution is -2.13. The first kappa shape index (κ1) is 13.6. The molecule has 0 saturated carbocycles. The Balaban J connectivity index is 2.26. The van der Waals surface area contributed by atoms with Gasteiger partial charge in [0.05, 0.1) is 18.5 Å². The molecule has 0 aliphatic rings. The van der Waals surface area contributed by atoms with Gasteiger partial charge in [-0.1, -0.05) is 12.1 Å². The highest BCUT2D eigenvalue weighted by atomic mass is 32.2. The second kappa shape index (κ2) is 5.41. The largest absolute Gasteiger partial charge is 0.380 e. The van der Waals surface area contributed by atoms with E-state index in [1.54, 1.807) is 32.2 Å². The molecule has 0 unspecified atom stereocenters. The van der Waals surface area contributed by atoms with Gasteiger partial charge >= 0.3 is 0 Å². The van der Waals surface area contributed by atoms with Gasteiger partial charge in [0.15, 0.2) is 0 Å². The quantitative estimate of drug-likeness (QED) is 0.873. The van der Waals surface area contributed by atoms with Crippen LogP contribution in [0.5, 0.6) is 0 Å². The molecule has 2 aromatic rings. The van der Waals surface area contributed by atoms with E-state index in [0.29, 0.717) is 18.0 Å². The Hall–Kier alpha value is -1.86. The summed E-state index contributed by atoms with van der Waals surface area (Å²) in [5, 5.41) is 6.32. The van der Waals surface area contributed by atoms with Crippen LogP contribution in [0.4, 0.5) is 5.69 Å². The van der Waals surface area contributed by atoms with Crippen LogP contribution in [-0.2, 0) is 21.4 Å². The fourth-order valence-corrected chi connectivity index (χ4v) is 2.90. The minimum atomic E-state index is -3.62. The number of aryl methyl sites for hydroxylation is 1. The van der Waals surface area contributed by atoms with Crippen LogP contribution in [0, 0.1) is 6.92 Å². The molecule has 0 radical (unpaired) electrons. The molecule has 1 aromatic carbocycles. The van der Waals surface area contributed by atoms with Crippen molar-refractivity contribution in [1.29, 1.82) is 0 Å². The first-order valence-electron chi connectivity index (χ1n) is 5.63. The third-order valence-corrected chi connectivity index (χ3v) is 4.06. The maximum atomic E-state index is 12.2. The van der Waals surface area contributed by atoms with E-state index in [1.807, 2.05) is 6.07 Å². The lowest BCUT2D eigenvalue weighted by molar-refractivity contribution is 0.185. The van der Waals surface area contributed by atoms with Gasteiger partial charge in [-0.15, -0.1) is 0 Å². The molecule has 2 N–H and O–H groups in total. The van der Waals surface area contributed by atoms with E-state index in [9.17, 15) is 8.42 Å². The summed E-state index contributed by atoms with van der Waals surface area (Å²) in [7, 11) is -2.03. The predicted octanol–water partition coefficient (Wildman–Crippen LogP) is 1.67. The molecule has 0 spiro atoms. The van der Waals surface area contributed by atoms with Crippen LogP contribution in [0.15, 0.2) is 35.4 Å². The smallest absolute Gasteiger partial charge is 0.265 e. The maximum absolute atomic E-state index is 12.2. The minimum absolute atomic E-state index is 0.143. The van der Waals surface area contributed by atoms with Crippen LogP contribution in [-0.4, -0.2) is 25.7 Å². The van der Waals surface area contributed by atoms with Crippen LogP contribution in [0.25, 0.3) is 0 Å². The molecule has 7 heteroatoms. The van der Waals surface area contributed by atoms with Crippen molar-refractivity contribution in [2.75, 3.05) is 11.8 Å². The molecule has 0 atom stereocenters. The summed E-state index contributed by atoms with van der Waals surface area (Å²) in [6.45, 7) is 2.09. The van der Waals surface area contributed by atoms with E-state index >= 15 is 0 Å². The number of ether oxygens (including phenoxy) is 1. The molecular formula is C12H15N3O3S. The zero-order chi connectivity index (χ0) is 13.9. The number of methoxy groups -OCH3 is 1. The standard InChI is InChI=1S/C12H15N3O3S/c1-9-12(7-13-14-9)19(16,17)15-11-5-3-4-10(6-11)8-18-2/h3-7,15H,8H2,1-2H3,(H,13,14). The Kier molecular flexibility index (Phi) is 3.87. The number of rotatable bonds is 5. The Morgan fingerprint density at radius 3 is 2.84 bits per heavy atom. The number of hydrogen-bond acceptors (Lipinski definition) is 4. The number of H-pyrrole nitrogens is 1. The van der Waals surface area contributed by atoms with Gasteiger partial charge in [0.2, 0.25) is 0 Å². The third-order valence-electron chi connectivity index (χ3n) is 2.56. The monoisotopic (exact) mass is 281 g/mol. The van der Waals surface area contributed by atoms with Crippen molar-refractivity contribution < 1.29 is 13.2 Å². The highest BCUT2D eigenvalue weighted by molar-refractivity contribution is 7.92. The number of aromatic nitrogens is 2. The molecule has 0 bridgehead atoms. The Morgan fingerprint density at radius 1 is 1.42 bits per heavy atom. The van der Waals surface area contributed by atoms with Crippen molar-refractivity contribution in [2.24, 2.45) is 0 Å². The Bertz CT molecular complexity index is 664. The number of anilines is 1. The van der Waals surface area contributed by atoms with Crippen LogP contribution in [0.1, 0.15) is 11.3 Å². The van der Waals surface area contributed by atoms with Crippen molar-refractivity contribution in [1.82, 2.24) is 10.2 Å². The Labute approximate surface area is 111 Å². The van der Waals surface area contributed by atoms with Gasteiger partial charge in [-0.25, -0.2) is 8.42 Å². The molecular weight excluding hydrogens is 266 g/mol. The number of nitrogens with one attached hydrogen (secondary N) is 2. The summed E-state index contributed by atoms with van der Waals surface area (Å²) in [4.78, 5) is 0.143. The molecule has 1 heterocycles. The van der Waals surface area contributed by atoms with Crippen molar-refractivity contribution in [2.45, 2.75) is 18.4 Å². The number of benzene rings is 1. The average molecular weight is 281 g/mol. The van der Waals surface area contributed by atoms with Crippen LogP contribution >= 0.6 is 0 Å². The Morgan fingerprint density at radius 2 is 2.21 bits per heavy atom. The first-order valence-corrected chi connectivity index (χ1v) is 7.12. The van der Waals surface area contributed by atoms with Crippen LogP contribution < -0.4 is 4.72 Å². The van der Waals surface area contributed by atoms with E-state index in [2.05, 4.69) is 14.9 Å². The molecule has 0 amide bonds. The normalized spacial score (nSPS) is 11.5. The van der Waals surface area contributed by atoms with E-state index in [1.165, 1.54) is 6.20 Å². The molecule has 6 nitrogen and oxygen atoms in total.